The number of ether oxygens (including phenoxy) is 2. The van der Waals surface area contributed by atoms with E-state index in [9.17, 15) is 0 Å². The van der Waals surface area contributed by atoms with Crippen molar-refractivity contribution < 1.29 is 9.47 Å². The SMILES string of the molecule is CCOc1cc(CNc2ccc(Cl)c(Cl)c2)cc(I)c1OCc1cccc2ccccc12. The Morgan fingerprint density at radius 2 is 1.69 bits per heavy atom. The molecule has 0 heterocycles. The summed E-state index contributed by atoms with van der Waals surface area (Å²) in [4.78, 5) is 0. The second-order valence-electron chi connectivity index (χ2n) is 7.25. The lowest BCUT2D eigenvalue weighted by atomic mass is 10.1. The molecule has 0 radical (unpaired) electrons. The normalized spacial score (nSPS) is 10.9. The molecule has 3 nitrogen and oxygen atoms in total. The average molecular weight is 578 g/mol. The Morgan fingerprint density at radius 1 is 0.875 bits per heavy atom. The predicted octanol–water partition coefficient (Wildman–Crippen LogP) is 8.34. The quantitative estimate of drug-likeness (QED) is 0.213. The van der Waals surface area contributed by atoms with Gasteiger partial charge in [-0.1, -0.05) is 65.7 Å². The summed E-state index contributed by atoms with van der Waals surface area (Å²) in [6.07, 6.45) is 0. The Morgan fingerprint density at radius 3 is 2.50 bits per heavy atom. The molecule has 0 bridgehead atoms. The molecule has 4 aromatic rings. The van der Waals surface area contributed by atoms with E-state index in [1.807, 2.05) is 31.2 Å². The number of rotatable bonds is 8. The largest absolute Gasteiger partial charge is 0.490 e. The Balaban J connectivity index is 1.53. The molecule has 0 aliphatic heterocycles. The number of hydrogen-bond donors (Lipinski definition) is 1. The second kappa shape index (κ2) is 10.6. The van der Waals surface area contributed by atoms with Crippen LogP contribution in [0.3, 0.4) is 0 Å². The van der Waals surface area contributed by atoms with Crippen molar-refractivity contribution >= 4 is 62.3 Å². The van der Waals surface area contributed by atoms with E-state index in [1.165, 1.54) is 10.8 Å². The van der Waals surface area contributed by atoms with Gasteiger partial charge in [-0.15, -0.1) is 0 Å². The van der Waals surface area contributed by atoms with E-state index in [-0.39, 0.29) is 0 Å². The van der Waals surface area contributed by atoms with E-state index < -0.39 is 0 Å². The summed E-state index contributed by atoms with van der Waals surface area (Å²) in [6.45, 7) is 3.63. The van der Waals surface area contributed by atoms with Gasteiger partial charge in [0.2, 0.25) is 0 Å². The van der Waals surface area contributed by atoms with E-state index in [1.54, 1.807) is 6.07 Å². The van der Waals surface area contributed by atoms with Crippen LogP contribution in [0.5, 0.6) is 11.5 Å². The van der Waals surface area contributed by atoms with Crippen molar-refractivity contribution in [3.05, 3.63) is 97.5 Å². The van der Waals surface area contributed by atoms with Crippen LogP contribution >= 0.6 is 45.8 Å². The Kier molecular flexibility index (Phi) is 7.66. The number of nitrogens with one attached hydrogen (secondary N) is 1. The minimum atomic E-state index is 0.471. The molecule has 0 atom stereocenters. The summed E-state index contributed by atoms with van der Waals surface area (Å²) in [7, 11) is 0. The molecule has 32 heavy (non-hydrogen) atoms. The van der Waals surface area contributed by atoms with Gasteiger partial charge in [-0.25, -0.2) is 0 Å². The lowest BCUT2D eigenvalue weighted by Crippen LogP contribution is -2.05. The fourth-order valence-corrected chi connectivity index (χ4v) is 4.62. The maximum atomic E-state index is 6.28. The molecule has 164 valence electrons. The molecule has 0 amide bonds. The first-order chi connectivity index (χ1) is 15.5. The molecule has 1 N–H and O–H groups in total. The van der Waals surface area contributed by atoms with Crippen molar-refractivity contribution in [1.82, 2.24) is 0 Å². The van der Waals surface area contributed by atoms with Crippen LogP contribution in [0.1, 0.15) is 18.1 Å². The van der Waals surface area contributed by atoms with Crippen LogP contribution < -0.4 is 14.8 Å². The lowest BCUT2D eigenvalue weighted by Gasteiger charge is -2.17. The third-order valence-corrected chi connectivity index (χ3v) is 6.58. The van der Waals surface area contributed by atoms with Gasteiger partial charge in [-0.3, -0.25) is 0 Å². The van der Waals surface area contributed by atoms with Gasteiger partial charge >= 0.3 is 0 Å². The Bertz CT molecular complexity index is 1240. The summed E-state index contributed by atoms with van der Waals surface area (Å²) in [5, 5.41) is 6.85. The first-order valence-electron chi connectivity index (χ1n) is 10.3. The molecule has 0 aliphatic rings. The van der Waals surface area contributed by atoms with Gasteiger partial charge in [-0.05, 0) is 81.7 Å². The number of hydrogen-bond acceptors (Lipinski definition) is 3. The van der Waals surface area contributed by atoms with Gasteiger partial charge in [0.05, 0.1) is 20.2 Å². The smallest absolute Gasteiger partial charge is 0.174 e. The first-order valence-corrected chi connectivity index (χ1v) is 12.1. The predicted molar refractivity (Wildman–Crippen MR) is 142 cm³/mol. The summed E-state index contributed by atoms with van der Waals surface area (Å²) in [5.41, 5.74) is 3.14. The van der Waals surface area contributed by atoms with Crippen LogP contribution in [-0.4, -0.2) is 6.61 Å². The highest BCUT2D eigenvalue weighted by atomic mass is 127. The summed E-state index contributed by atoms with van der Waals surface area (Å²) in [5.74, 6) is 1.50. The van der Waals surface area contributed by atoms with Gasteiger partial charge in [0.15, 0.2) is 11.5 Å². The Labute approximate surface area is 211 Å². The highest BCUT2D eigenvalue weighted by Crippen LogP contribution is 2.36. The van der Waals surface area contributed by atoms with E-state index in [0.717, 1.165) is 31.9 Å². The molecule has 4 aromatic carbocycles. The Hall–Kier alpha value is -2.15. The minimum absolute atomic E-state index is 0.471. The third kappa shape index (κ3) is 5.42. The van der Waals surface area contributed by atoms with E-state index in [0.29, 0.717) is 29.8 Å². The van der Waals surface area contributed by atoms with Crippen molar-refractivity contribution in [1.29, 1.82) is 0 Å². The molecule has 0 unspecified atom stereocenters. The molecule has 6 heteroatoms. The maximum Gasteiger partial charge on any atom is 0.174 e. The van der Waals surface area contributed by atoms with Crippen LogP contribution in [0.15, 0.2) is 72.8 Å². The molecule has 0 aliphatic carbocycles. The van der Waals surface area contributed by atoms with Crippen molar-refractivity contribution in [2.24, 2.45) is 0 Å². The summed E-state index contributed by atoms with van der Waals surface area (Å²) < 4.78 is 13.2. The minimum Gasteiger partial charge on any atom is -0.490 e. The molecule has 4 rings (SSSR count). The van der Waals surface area contributed by atoms with Gasteiger partial charge < -0.3 is 14.8 Å². The van der Waals surface area contributed by atoms with E-state index in [2.05, 4.69) is 70.4 Å². The van der Waals surface area contributed by atoms with Gasteiger partial charge in [0.25, 0.3) is 0 Å². The fraction of sp³-hybridized carbons (Fsp3) is 0.154. The standard InChI is InChI=1S/C26H22Cl2INO2/c1-2-31-25-13-17(15-30-20-10-11-22(27)23(28)14-20)12-24(29)26(25)32-16-19-8-5-7-18-6-3-4-9-21(18)19/h3-14,30H,2,15-16H2,1H3. The molecule has 0 aromatic heterocycles. The topological polar surface area (TPSA) is 30.5 Å². The summed E-state index contributed by atoms with van der Waals surface area (Å²) >= 11 is 14.4. The number of fused-ring (bicyclic) bond motifs is 1. The van der Waals surface area contributed by atoms with Crippen LogP contribution in [-0.2, 0) is 13.2 Å². The van der Waals surface area contributed by atoms with Crippen molar-refractivity contribution in [3.63, 3.8) is 0 Å². The number of anilines is 1. The monoisotopic (exact) mass is 577 g/mol. The average Bonchev–Trinajstić information content (AvgIpc) is 2.79. The van der Waals surface area contributed by atoms with Gasteiger partial charge in [0.1, 0.15) is 6.61 Å². The van der Waals surface area contributed by atoms with E-state index >= 15 is 0 Å². The highest BCUT2D eigenvalue weighted by molar-refractivity contribution is 14.1. The van der Waals surface area contributed by atoms with Gasteiger partial charge in [-0.2, -0.15) is 0 Å². The second-order valence-corrected chi connectivity index (χ2v) is 9.22. The fourth-order valence-electron chi connectivity index (χ4n) is 3.50. The van der Waals surface area contributed by atoms with Crippen LogP contribution in [0, 0.1) is 3.57 Å². The summed E-state index contributed by atoms with van der Waals surface area (Å²) in [6, 6.07) is 24.3. The third-order valence-electron chi connectivity index (χ3n) is 5.04. The highest BCUT2D eigenvalue weighted by Gasteiger charge is 2.13. The van der Waals surface area contributed by atoms with Crippen molar-refractivity contribution in [2.45, 2.75) is 20.1 Å². The first kappa shape index (κ1) is 23.0. The zero-order valence-electron chi connectivity index (χ0n) is 17.5. The maximum absolute atomic E-state index is 6.28. The van der Waals surface area contributed by atoms with Crippen LogP contribution in [0.25, 0.3) is 10.8 Å². The van der Waals surface area contributed by atoms with Crippen LogP contribution in [0.2, 0.25) is 10.0 Å². The number of halogens is 3. The molecule has 0 fully saturated rings. The van der Waals surface area contributed by atoms with E-state index in [4.69, 9.17) is 32.7 Å². The van der Waals surface area contributed by atoms with Crippen molar-refractivity contribution in [2.75, 3.05) is 11.9 Å². The van der Waals surface area contributed by atoms with Gasteiger partial charge in [0, 0.05) is 12.2 Å². The number of benzene rings is 4. The molecular weight excluding hydrogens is 556 g/mol. The molecule has 0 saturated heterocycles. The zero-order chi connectivity index (χ0) is 22.5. The molecule has 0 spiro atoms. The van der Waals surface area contributed by atoms with Crippen molar-refractivity contribution in [3.8, 4) is 11.5 Å². The zero-order valence-corrected chi connectivity index (χ0v) is 21.2. The lowest BCUT2D eigenvalue weighted by molar-refractivity contribution is 0.268. The van der Waals surface area contributed by atoms with Crippen LogP contribution in [0.4, 0.5) is 5.69 Å². The molecule has 0 saturated carbocycles. The molecular formula is C26H22Cl2INO2.